The van der Waals surface area contributed by atoms with E-state index in [0.717, 1.165) is 25.7 Å². The van der Waals surface area contributed by atoms with Crippen LogP contribution in [0.15, 0.2) is 30.6 Å². The Bertz CT molecular complexity index is 798. The summed E-state index contributed by atoms with van der Waals surface area (Å²) in [6.45, 7) is 0. The number of nitrogens with one attached hydrogen (secondary N) is 1. The summed E-state index contributed by atoms with van der Waals surface area (Å²) in [5.41, 5.74) is 0.476. The van der Waals surface area contributed by atoms with Gasteiger partial charge in [-0.1, -0.05) is 0 Å². The van der Waals surface area contributed by atoms with Crippen molar-refractivity contribution in [2.24, 2.45) is 0 Å². The fourth-order valence-electron chi connectivity index (χ4n) is 2.96. The zero-order valence-corrected chi connectivity index (χ0v) is 14.4. The first kappa shape index (κ1) is 17.6. The predicted octanol–water partition coefficient (Wildman–Crippen LogP) is 1.87. The second-order valence-corrected chi connectivity index (χ2v) is 6.01. The Morgan fingerprint density at radius 1 is 1.27 bits per heavy atom. The number of rotatable bonds is 5. The van der Waals surface area contributed by atoms with Crippen molar-refractivity contribution >= 4 is 5.91 Å². The third-order valence-electron chi connectivity index (χ3n) is 4.29. The largest absolute Gasteiger partial charge is 0.495 e. The summed E-state index contributed by atoms with van der Waals surface area (Å²) in [5, 5.41) is 19.3. The van der Waals surface area contributed by atoms with Gasteiger partial charge in [0.25, 0.3) is 5.91 Å². The minimum Gasteiger partial charge on any atom is -0.495 e. The van der Waals surface area contributed by atoms with Gasteiger partial charge in [0.1, 0.15) is 17.6 Å². The van der Waals surface area contributed by atoms with Crippen LogP contribution in [0, 0.1) is 11.3 Å². The Morgan fingerprint density at radius 2 is 2.08 bits per heavy atom. The smallest absolute Gasteiger partial charge is 0.291 e. The number of nitriles is 1. The van der Waals surface area contributed by atoms with Crippen molar-refractivity contribution in [3.05, 3.63) is 42.0 Å². The number of hydrogen-bond acceptors (Lipinski definition) is 7. The van der Waals surface area contributed by atoms with E-state index in [1.165, 1.54) is 19.5 Å². The van der Waals surface area contributed by atoms with E-state index in [0.29, 0.717) is 17.1 Å². The van der Waals surface area contributed by atoms with Crippen LogP contribution in [-0.2, 0) is 0 Å². The Kier molecular flexibility index (Phi) is 5.59. The maximum atomic E-state index is 12.1. The van der Waals surface area contributed by atoms with E-state index >= 15 is 0 Å². The molecule has 1 heterocycles. The van der Waals surface area contributed by atoms with Crippen molar-refractivity contribution in [2.75, 3.05) is 7.11 Å². The molecule has 1 fully saturated rings. The van der Waals surface area contributed by atoms with Gasteiger partial charge >= 0.3 is 0 Å². The molecule has 1 aromatic heterocycles. The van der Waals surface area contributed by atoms with E-state index in [2.05, 4.69) is 26.6 Å². The standard InChI is InChI=1S/C18H19N5O3/c1-25-16-10-15(5-2-12(16)11-19)26-14-6-3-13(4-7-14)22-18(24)17-20-8-9-21-23-17/h2,5,8-10,13-14H,3-4,6-7H2,1H3,(H,22,24). The van der Waals surface area contributed by atoms with Gasteiger partial charge in [0.05, 0.1) is 25.0 Å². The maximum Gasteiger partial charge on any atom is 0.291 e. The summed E-state index contributed by atoms with van der Waals surface area (Å²) in [7, 11) is 1.53. The number of carbonyl (C=O) groups is 1. The summed E-state index contributed by atoms with van der Waals surface area (Å²) in [5.74, 6) is 0.953. The minimum atomic E-state index is -0.306. The highest BCUT2D eigenvalue weighted by Crippen LogP contribution is 2.28. The van der Waals surface area contributed by atoms with Gasteiger partial charge in [-0.05, 0) is 37.8 Å². The number of hydrogen-bond donors (Lipinski definition) is 1. The van der Waals surface area contributed by atoms with Crippen LogP contribution >= 0.6 is 0 Å². The minimum absolute atomic E-state index is 0.0652. The first-order valence-corrected chi connectivity index (χ1v) is 8.39. The molecular formula is C18H19N5O3. The third kappa shape index (κ3) is 4.25. The van der Waals surface area contributed by atoms with Gasteiger partial charge in [-0.3, -0.25) is 4.79 Å². The summed E-state index contributed by atoms with van der Waals surface area (Å²) < 4.78 is 11.2. The lowest BCUT2D eigenvalue weighted by atomic mass is 9.93. The van der Waals surface area contributed by atoms with Gasteiger partial charge in [0, 0.05) is 18.3 Å². The summed E-state index contributed by atoms with van der Waals surface area (Å²) in [6.07, 6.45) is 6.20. The lowest BCUT2D eigenvalue weighted by Crippen LogP contribution is -2.40. The molecule has 8 heteroatoms. The summed E-state index contributed by atoms with van der Waals surface area (Å²) >= 11 is 0. The normalized spacial score (nSPS) is 19.2. The van der Waals surface area contributed by atoms with Gasteiger partial charge in [-0.15, -0.1) is 5.10 Å². The molecule has 134 valence electrons. The molecule has 0 saturated heterocycles. The van der Waals surface area contributed by atoms with Crippen LogP contribution in [0.3, 0.4) is 0 Å². The molecule has 0 spiro atoms. The average molecular weight is 353 g/mol. The van der Waals surface area contributed by atoms with E-state index in [4.69, 9.17) is 14.7 Å². The van der Waals surface area contributed by atoms with Gasteiger partial charge < -0.3 is 14.8 Å². The van der Waals surface area contributed by atoms with Crippen LogP contribution in [0.2, 0.25) is 0 Å². The number of benzene rings is 1. The van der Waals surface area contributed by atoms with Gasteiger partial charge in [-0.2, -0.15) is 10.4 Å². The predicted molar refractivity (Wildman–Crippen MR) is 91.7 cm³/mol. The molecule has 8 nitrogen and oxygen atoms in total. The van der Waals surface area contributed by atoms with E-state index in [9.17, 15) is 4.79 Å². The fraction of sp³-hybridized carbons (Fsp3) is 0.389. The molecular weight excluding hydrogens is 334 g/mol. The van der Waals surface area contributed by atoms with Crippen LogP contribution in [0.5, 0.6) is 11.5 Å². The highest BCUT2D eigenvalue weighted by molar-refractivity contribution is 5.90. The maximum absolute atomic E-state index is 12.1. The molecule has 1 aliphatic rings. The second kappa shape index (κ2) is 8.25. The molecule has 1 saturated carbocycles. The van der Waals surface area contributed by atoms with Crippen LogP contribution < -0.4 is 14.8 Å². The Hall–Kier alpha value is -3.21. The highest BCUT2D eigenvalue weighted by atomic mass is 16.5. The molecule has 1 aliphatic carbocycles. The van der Waals surface area contributed by atoms with E-state index in [1.54, 1.807) is 18.2 Å². The molecule has 26 heavy (non-hydrogen) atoms. The van der Waals surface area contributed by atoms with E-state index in [-0.39, 0.29) is 23.9 Å². The van der Waals surface area contributed by atoms with Crippen LogP contribution in [0.25, 0.3) is 0 Å². The Labute approximate surface area is 151 Å². The van der Waals surface area contributed by atoms with E-state index < -0.39 is 0 Å². The monoisotopic (exact) mass is 353 g/mol. The topological polar surface area (TPSA) is 110 Å². The number of methoxy groups -OCH3 is 1. The van der Waals surface area contributed by atoms with Crippen molar-refractivity contribution < 1.29 is 14.3 Å². The number of carbonyl (C=O) groups excluding carboxylic acids is 1. The van der Waals surface area contributed by atoms with Crippen molar-refractivity contribution in [3.63, 3.8) is 0 Å². The van der Waals surface area contributed by atoms with Crippen molar-refractivity contribution in [1.29, 1.82) is 5.26 Å². The Balaban J connectivity index is 1.51. The number of nitrogens with zero attached hydrogens (tertiary/aromatic N) is 4. The van der Waals surface area contributed by atoms with Crippen molar-refractivity contribution in [3.8, 4) is 17.6 Å². The summed E-state index contributed by atoms with van der Waals surface area (Å²) in [4.78, 5) is 16.0. The second-order valence-electron chi connectivity index (χ2n) is 6.01. The van der Waals surface area contributed by atoms with Crippen LogP contribution in [0.1, 0.15) is 41.9 Å². The first-order valence-electron chi connectivity index (χ1n) is 8.39. The van der Waals surface area contributed by atoms with Gasteiger partial charge in [0.2, 0.25) is 5.82 Å². The molecule has 0 atom stereocenters. The number of ether oxygens (including phenoxy) is 2. The molecule has 1 amide bonds. The van der Waals surface area contributed by atoms with Gasteiger partial charge in [-0.25, -0.2) is 4.98 Å². The van der Waals surface area contributed by atoms with Crippen LogP contribution in [-0.4, -0.2) is 40.3 Å². The highest BCUT2D eigenvalue weighted by Gasteiger charge is 2.25. The first-order chi connectivity index (χ1) is 12.7. The van der Waals surface area contributed by atoms with Gasteiger partial charge in [0.15, 0.2) is 0 Å². The zero-order chi connectivity index (χ0) is 18.4. The number of amides is 1. The SMILES string of the molecule is COc1cc(OC2CCC(NC(=O)c3nccnn3)CC2)ccc1C#N. The number of aromatic nitrogens is 3. The lowest BCUT2D eigenvalue weighted by Gasteiger charge is -2.29. The molecule has 3 rings (SSSR count). The molecule has 2 aromatic rings. The molecule has 1 aromatic carbocycles. The van der Waals surface area contributed by atoms with Crippen LogP contribution in [0.4, 0.5) is 0 Å². The molecule has 0 bridgehead atoms. The average Bonchev–Trinajstić information content (AvgIpc) is 2.70. The fourth-order valence-corrected chi connectivity index (χ4v) is 2.96. The quantitative estimate of drug-likeness (QED) is 0.873. The lowest BCUT2D eigenvalue weighted by molar-refractivity contribution is 0.0882. The van der Waals surface area contributed by atoms with E-state index in [1.807, 2.05) is 0 Å². The van der Waals surface area contributed by atoms with Crippen molar-refractivity contribution in [1.82, 2.24) is 20.5 Å². The molecule has 0 radical (unpaired) electrons. The molecule has 1 N–H and O–H groups in total. The third-order valence-corrected chi connectivity index (χ3v) is 4.29. The molecule has 0 aliphatic heterocycles. The molecule has 0 unspecified atom stereocenters. The zero-order valence-electron chi connectivity index (χ0n) is 14.4. The summed E-state index contributed by atoms with van der Waals surface area (Å²) in [6, 6.07) is 7.34. The van der Waals surface area contributed by atoms with Crippen molar-refractivity contribution in [2.45, 2.75) is 37.8 Å². The Morgan fingerprint density at radius 3 is 2.73 bits per heavy atom.